The number of benzene rings is 1. The van der Waals surface area contributed by atoms with Crippen LogP contribution in [0, 0.1) is 0 Å². The lowest BCUT2D eigenvalue weighted by atomic mass is 10.1. The lowest BCUT2D eigenvalue weighted by Gasteiger charge is -2.13. The van der Waals surface area contributed by atoms with Gasteiger partial charge in [-0.1, -0.05) is 35.8 Å². The average Bonchev–Trinajstić information content (AvgIpc) is 2.61. The Morgan fingerprint density at radius 3 is 2.92 bits per heavy atom. The molecule has 0 saturated heterocycles. The third-order valence-electron chi connectivity index (χ3n) is 3.89. The van der Waals surface area contributed by atoms with Gasteiger partial charge in [0.25, 0.3) is 5.56 Å². The number of aromatic nitrogens is 3. The summed E-state index contributed by atoms with van der Waals surface area (Å²) in [6, 6.07) is 9.23. The lowest BCUT2D eigenvalue weighted by Crippen LogP contribution is -2.23. The van der Waals surface area contributed by atoms with Gasteiger partial charge in [-0.15, -0.1) is 0 Å². The van der Waals surface area contributed by atoms with Crippen LogP contribution in [0.3, 0.4) is 0 Å². The highest BCUT2D eigenvalue weighted by Crippen LogP contribution is 2.20. The van der Waals surface area contributed by atoms with Crippen molar-refractivity contribution < 1.29 is 0 Å². The van der Waals surface area contributed by atoms with Crippen molar-refractivity contribution in [1.82, 2.24) is 14.6 Å². The van der Waals surface area contributed by atoms with Crippen LogP contribution in [0.4, 0.5) is 0 Å². The van der Waals surface area contributed by atoms with Gasteiger partial charge < -0.3 is 0 Å². The van der Waals surface area contributed by atoms with E-state index in [2.05, 4.69) is 37.9 Å². The molecule has 3 rings (SSSR count). The Balaban J connectivity index is 2.21. The molecule has 0 unspecified atom stereocenters. The third kappa shape index (κ3) is 3.28. The average molecular weight is 385 g/mol. The minimum atomic E-state index is -0.170. The first kappa shape index (κ1) is 16.5. The van der Waals surface area contributed by atoms with E-state index < -0.39 is 0 Å². The molecular formula is C18H17BrN4O. The van der Waals surface area contributed by atoms with Gasteiger partial charge >= 0.3 is 0 Å². The van der Waals surface area contributed by atoms with E-state index in [1.807, 2.05) is 31.2 Å². The Labute approximate surface area is 148 Å². The molecule has 0 bridgehead atoms. The van der Waals surface area contributed by atoms with E-state index >= 15 is 0 Å². The van der Waals surface area contributed by atoms with Gasteiger partial charge in [-0.3, -0.25) is 9.78 Å². The predicted octanol–water partition coefficient (Wildman–Crippen LogP) is 3.95. The van der Waals surface area contributed by atoms with Gasteiger partial charge in [-0.2, -0.15) is 9.78 Å². The molecule has 0 fully saturated rings. The van der Waals surface area contributed by atoms with Gasteiger partial charge in [0.2, 0.25) is 0 Å². The number of hydrogen-bond acceptors (Lipinski definition) is 4. The summed E-state index contributed by atoms with van der Waals surface area (Å²) in [6.45, 7) is 4.11. The molecule has 1 aromatic carbocycles. The Morgan fingerprint density at radius 1 is 1.38 bits per heavy atom. The summed E-state index contributed by atoms with van der Waals surface area (Å²) in [5, 5.41) is 4.93. The number of pyridine rings is 1. The van der Waals surface area contributed by atoms with E-state index in [1.165, 1.54) is 4.68 Å². The Kier molecular flexibility index (Phi) is 4.85. The third-order valence-corrected chi connectivity index (χ3v) is 4.39. The SMILES string of the molecule is CC[C@H](C)c1nc2ccc(Br)cc2c(=O)n1N=Cc1cccnc1. The lowest BCUT2D eigenvalue weighted by molar-refractivity contribution is 0.613. The van der Waals surface area contributed by atoms with Crippen LogP contribution < -0.4 is 5.56 Å². The zero-order valence-electron chi connectivity index (χ0n) is 13.5. The predicted molar refractivity (Wildman–Crippen MR) is 99.6 cm³/mol. The standard InChI is InChI=1S/C18H17BrN4O/c1-3-12(2)17-22-16-7-6-14(19)9-15(16)18(24)23(17)21-11-13-5-4-8-20-10-13/h4-12H,3H2,1-2H3/t12-/m0/s1. The zero-order valence-corrected chi connectivity index (χ0v) is 15.1. The van der Waals surface area contributed by atoms with Crippen LogP contribution in [0.5, 0.6) is 0 Å². The van der Waals surface area contributed by atoms with Crippen molar-refractivity contribution in [3.8, 4) is 0 Å². The molecule has 0 radical (unpaired) electrons. The van der Waals surface area contributed by atoms with Crippen LogP contribution in [0.25, 0.3) is 10.9 Å². The molecule has 2 aromatic heterocycles. The fourth-order valence-corrected chi connectivity index (χ4v) is 2.72. The number of rotatable bonds is 4. The van der Waals surface area contributed by atoms with Crippen molar-refractivity contribution in [3.63, 3.8) is 0 Å². The monoisotopic (exact) mass is 384 g/mol. The number of nitrogens with zero attached hydrogens (tertiary/aromatic N) is 4. The van der Waals surface area contributed by atoms with Gasteiger partial charge in [0, 0.05) is 28.3 Å². The Morgan fingerprint density at radius 2 is 2.21 bits per heavy atom. The molecule has 3 aromatic rings. The van der Waals surface area contributed by atoms with E-state index in [1.54, 1.807) is 24.7 Å². The highest BCUT2D eigenvalue weighted by molar-refractivity contribution is 9.10. The smallest absolute Gasteiger partial charge is 0.267 e. The molecular weight excluding hydrogens is 368 g/mol. The maximum atomic E-state index is 12.9. The zero-order chi connectivity index (χ0) is 17.1. The summed E-state index contributed by atoms with van der Waals surface area (Å²) in [5.41, 5.74) is 1.34. The molecule has 1 atom stereocenters. The first-order valence-electron chi connectivity index (χ1n) is 7.76. The maximum Gasteiger partial charge on any atom is 0.282 e. The summed E-state index contributed by atoms with van der Waals surface area (Å²) in [5.74, 6) is 0.786. The van der Waals surface area contributed by atoms with E-state index in [-0.39, 0.29) is 11.5 Å². The second-order valence-electron chi connectivity index (χ2n) is 5.59. The number of halogens is 1. The molecule has 0 spiro atoms. The first-order valence-corrected chi connectivity index (χ1v) is 8.56. The van der Waals surface area contributed by atoms with Crippen molar-refractivity contribution >= 4 is 33.0 Å². The molecule has 0 aliphatic rings. The molecule has 0 aliphatic heterocycles. The Bertz CT molecular complexity index is 950. The highest BCUT2D eigenvalue weighted by atomic mass is 79.9. The van der Waals surface area contributed by atoms with Gasteiger partial charge in [0.15, 0.2) is 0 Å². The topological polar surface area (TPSA) is 60.1 Å². The van der Waals surface area contributed by atoms with E-state index in [9.17, 15) is 4.79 Å². The molecule has 122 valence electrons. The number of hydrogen-bond donors (Lipinski definition) is 0. The maximum absolute atomic E-state index is 12.9. The second kappa shape index (κ2) is 7.05. The van der Waals surface area contributed by atoms with E-state index in [4.69, 9.17) is 0 Å². The minimum Gasteiger partial charge on any atom is -0.267 e. The fourth-order valence-electron chi connectivity index (χ4n) is 2.36. The largest absolute Gasteiger partial charge is 0.282 e. The van der Waals surface area contributed by atoms with Gasteiger partial charge in [0.05, 0.1) is 17.1 Å². The van der Waals surface area contributed by atoms with Crippen molar-refractivity contribution in [3.05, 3.63) is 68.9 Å². The number of fused-ring (bicyclic) bond motifs is 1. The minimum absolute atomic E-state index is 0.122. The second-order valence-corrected chi connectivity index (χ2v) is 6.50. The summed E-state index contributed by atoms with van der Waals surface area (Å²) < 4.78 is 2.24. The molecule has 24 heavy (non-hydrogen) atoms. The van der Waals surface area contributed by atoms with Crippen LogP contribution >= 0.6 is 15.9 Å². The van der Waals surface area contributed by atoms with Crippen LogP contribution in [0.2, 0.25) is 0 Å². The molecule has 0 amide bonds. The normalized spacial score (nSPS) is 12.8. The van der Waals surface area contributed by atoms with Crippen molar-refractivity contribution in [2.75, 3.05) is 0 Å². The van der Waals surface area contributed by atoms with Crippen LogP contribution in [-0.2, 0) is 0 Å². The summed E-state index contributed by atoms with van der Waals surface area (Å²) in [4.78, 5) is 21.6. The van der Waals surface area contributed by atoms with Crippen molar-refractivity contribution in [2.45, 2.75) is 26.2 Å². The Hall–Kier alpha value is -2.34. The highest BCUT2D eigenvalue weighted by Gasteiger charge is 2.15. The van der Waals surface area contributed by atoms with Crippen molar-refractivity contribution in [2.24, 2.45) is 5.10 Å². The molecule has 0 saturated carbocycles. The first-order chi connectivity index (χ1) is 11.6. The van der Waals surface area contributed by atoms with Gasteiger partial charge in [-0.25, -0.2) is 4.98 Å². The molecule has 0 aliphatic carbocycles. The fraction of sp³-hybridized carbons (Fsp3) is 0.222. The van der Waals surface area contributed by atoms with Crippen molar-refractivity contribution in [1.29, 1.82) is 0 Å². The van der Waals surface area contributed by atoms with E-state index in [0.717, 1.165) is 16.5 Å². The van der Waals surface area contributed by atoms with Crippen LogP contribution in [0.15, 0.2) is 57.1 Å². The van der Waals surface area contributed by atoms with Crippen LogP contribution in [-0.4, -0.2) is 20.9 Å². The quantitative estimate of drug-likeness (QED) is 0.639. The van der Waals surface area contributed by atoms with Gasteiger partial charge in [0.1, 0.15) is 5.82 Å². The molecule has 2 heterocycles. The summed E-state index contributed by atoms with van der Waals surface area (Å²) in [6.07, 6.45) is 5.90. The van der Waals surface area contributed by atoms with Crippen LogP contribution in [0.1, 0.15) is 37.6 Å². The van der Waals surface area contributed by atoms with E-state index in [0.29, 0.717) is 16.7 Å². The summed E-state index contributed by atoms with van der Waals surface area (Å²) in [7, 11) is 0. The van der Waals surface area contributed by atoms with Gasteiger partial charge in [-0.05, 0) is 30.7 Å². The molecule has 0 N–H and O–H groups in total. The summed E-state index contributed by atoms with van der Waals surface area (Å²) >= 11 is 3.41. The molecule has 5 nitrogen and oxygen atoms in total. The molecule has 6 heteroatoms.